The van der Waals surface area contributed by atoms with Crippen LogP contribution in [0.15, 0.2) is 48.5 Å². The number of carbonyl (C=O) groups is 1. The second-order valence-electron chi connectivity index (χ2n) is 5.73. The average molecular weight is 454 g/mol. The molecule has 0 saturated carbocycles. The predicted octanol–water partition coefficient (Wildman–Crippen LogP) is 3.09. The Balaban J connectivity index is 2.05. The summed E-state index contributed by atoms with van der Waals surface area (Å²) >= 11 is -0.348. The van der Waals surface area contributed by atoms with E-state index in [4.69, 9.17) is 9.47 Å². The number of ether oxygens (including phenoxy) is 2. The first-order valence-electron chi connectivity index (χ1n) is 8.33. The molecule has 1 heterocycles. The number of esters is 1. The normalized spacial score (nSPS) is 11.5. The van der Waals surface area contributed by atoms with Crippen LogP contribution in [0, 0.1) is 0 Å². The average Bonchev–Trinajstić information content (AvgIpc) is 2.67. The number of aromatic nitrogens is 1. The van der Waals surface area contributed by atoms with E-state index in [1.54, 1.807) is 38.3 Å². The van der Waals surface area contributed by atoms with Crippen molar-refractivity contribution in [1.82, 2.24) is 4.98 Å². The number of rotatable bonds is 5. The number of hydrogen-bond donors (Lipinski definition) is 0. The van der Waals surface area contributed by atoms with Crippen molar-refractivity contribution in [3.8, 4) is 5.75 Å². The number of alkyl halides is 3. The Morgan fingerprint density at radius 2 is 1.82 bits per heavy atom. The number of carbonyl (C=O) groups excluding carboxylic acids is 1. The van der Waals surface area contributed by atoms with Crippen LogP contribution in [0.3, 0.4) is 0 Å². The Hall–Kier alpha value is -2.57. The first-order chi connectivity index (χ1) is 13.3. The zero-order valence-electron chi connectivity index (χ0n) is 15.0. The number of pyridine rings is 1. The molecule has 3 aromatic rings. The molecule has 0 N–H and O–H groups in total. The zero-order chi connectivity index (χ0) is 20.3. The van der Waals surface area contributed by atoms with Crippen molar-refractivity contribution in [2.24, 2.45) is 0 Å². The van der Waals surface area contributed by atoms with Gasteiger partial charge in [0.2, 0.25) is 0 Å². The number of methoxy groups -OCH3 is 1. The quantitative estimate of drug-likeness (QED) is 0.439. The van der Waals surface area contributed by atoms with Crippen LogP contribution in [-0.2, 0) is 10.9 Å². The van der Waals surface area contributed by atoms with Crippen LogP contribution in [0.1, 0.15) is 23.0 Å². The first kappa shape index (κ1) is 20.2. The molecular weight excluding hydrogens is 438 g/mol. The van der Waals surface area contributed by atoms with Gasteiger partial charge in [-0.2, -0.15) is 0 Å². The van der Waals surface area contributed by atoms with Crippen LogP contribution in [0.5, 0.6) is 5.75 Å². The summed E-state index contributed by atoms with van der Waals surface area (Å²) in [5.41, 5.74) is 0.0685. The molecule has 0 unspecified atom stereocenters. The Kier molecular flexibility index (Phi) is 5.91. The van der Waals surface area contributed by atoms with E-state index in [1.165, 1.54) is 12.1 Å². The number of halogens is 3. The van der Waals surface area contributed by atoms with E-state index in [1.807, 2.05) is 0 Å². The first-order valence-corrected chi connectivity index (χ1v) is 10.0. The molecule has 0 aliphatic heterocycles. The van der Waals surface area contributed by atoms with Gasteiger partial charge in [-0.05, 0) is 0 Å². The van der Waals surface area contributed by atoms with Crippen LogP contribution in [0.25, 0.3) is 10.9 Å². The SMILES string of the molecule is CCOC(=O)c1cc([Se]c2ccc(C(F)(F)F)cc2)c2cc(OC)ccc2n1. The Morgan fingerprint density at radius 3 is 2.43 bits per heavy atom. The third-order valence-electron chi connectivity index (χ3n) is 3.87. The van der Waals surface area contributed by atoms with Crippen molar-refractivity contribution in [2.75, 3.05) is 13.7 Å². The van der Waals surface area contributed by atoms with Gasteiger partial charge in [-0.1, -0.05) is 0 Å². The van der Waals surface area contributed by atoms with Crippen LogP contribution < -0.4 is 13.7 Å². The number of hydrogen-bond acceptors (Lipinski definition) is 4. The topological polar surface area (TPSA) is 48.4 Å². The molecule has 3 rings (SSSR count). The van der Waals surface area contributed by atoms with Crippen LogP contribution in [-0.4, -0.2) is 39.6 Å². The van der Waals surface area contributed by atoms with E-state index in [0.717, 1.165) is 26.4 Å². The summed E-state index contributed by atoms with van der Waals surface area (Å²) in [6, 6.07) is 12.0. The van der Waals surface area contributed by atoms with Crippen molar-refractivity contribution in [3.63, 3.8) is 0 Å². The van der Waals surface area contributed by atoms with Gasteiger partial charge < -0.3 is 0 Å². The Labute approximate surface area is 165 Å². The summed E-state index contributed by atoms with van der Waals surface area (Å²) in [5.74, 6) is 0.0901. The number of benzene rings is 2. The maximum absolute atomic E-state index is 12.8. The monoisotopic (exact) mass is 455 g/mol. The van der Waals surface area contributed by atoms with Gasteiger partial charge in [-0.3, -0.25) is 0 Å². The summed E-state index contributed by atoms with van der Waals surface area (Å²) in [5, 5.41) is 0.785. The Morgan fingerprint density at radius 1 is 1.11 bits per heavy atom. The van der Waals surface area contributed by atoms with Crippen LogP contribution >= 0.6 is 0 Å². The molecule has 0 radical (unpaired) electrons. The van der Waals surface area contributed by atoms with Crippen LogP contribution in [0.2, 0.25) is 0 Å². The van der Waals surface area contributed by atoms with E-state index in [-0.39, 0.29) is 27.3 Å². The van der Waals surface area contributed by atoms with Gasteiger partial charge in [-0.15, -0.1) is 0 Å². The van der Waals surface area contributed by atoms with Gasteiger partial charge in [0.1, 0.15) is 0 Å². The molecule has 0 aliphatic rings. The molecular formula is C20H16F3NO3Se. The van der Waals surface area contributed by atoms with E-state index >= 15 is 0 Å². The van der Waals surface area contributed by atoms with Gasteiger partial charge in [-0.25, -0.2) is 0 Å². The van der Waals surface area contributed by atoms with Crippen molar-refractivity contribution in [2.45, 2.75) is 13.1 Å². The third-order valence-corrected chi connectivity index (χ3v) is 6.11. The van der Waals surface area contributed by atoms with Gasteiger partial charge in [0.25, 0.3) is 0 Å². The summed E-state index contributed by atoms with van der Waals surface area (Å²) in [6.45, 7) is 1.93. The van der Waals surface area contributed by atoms with E-state index in [0.29, 0.717) is 11.3 Å². The van der Waals surface area contributed by atoms with Crippen molar-refractivity contribution < 1.29 is 27.4 Å². The number of fused-ring (bicyclic) bond motifs is 1. The molecule has 146 valence electrons. The van der Waals surface area contributed by atoms with E-state index < -0.39 is 17.7 Å². The van der Waals surface area contributed by atoms with Gasteiger partial charge in [0.15, 0.2) is 0 Å². The molecule has 0 saturated heterocycles. The molecule has 0 atom stereocenters. The van der Waals surface area contributed by atoms with E-state index in [9.17, 15) is 18.0 Å². The minimum absolute atomic E-state index is 0.170. The zero-order valence-corrected chi connectivity index (χ0v) is 16.8. The predicted molar refractivity (Wildman–Crippen MR) is 101 cm³/mol. The minimum atomic E-state index is -4.38. The molecule has 0 amide bonds. The summed E-state index contributed by atoms with van der Waals surface area (Å²) in [7, 11) is 1.54. The van der Waals surface area contributed by atoms with Crippen molar-refractivity contribution >= 4 is 40.8 Å². The fraction of sp³-hybridized carbons (Fsp3) is 0.200. The third kappa shape index (κ3) is 4.46. The summed E-state index contributed by atoms with van der Waals surface area (Å²) in [4.78, 5) is 16.5. The number of nitrogens with zero attached hydrogens (tertiary/aromatic N) is 1. The molecule has 1 aromatic heterocycles. The molecule has 0 spiro atoms. The Bertz CT molecular complexity index is 1000. The van der Waals surface area contributed by atoms with Crippen molar-refractivity contribution in [3.05, 3.63) is 59.8 Å². The van der Waals surface area contributed by atoms with Crippen molar-refractivity contribution in [1.29, 1.82) is 0 Å². The van der Waals surface area contributed by atoms with Gasteiger partial charge in [0.05, 0.1) is 0 Å². The molecule has 8 heteroatoms. The molecule has 0 aliphatic carbocycles. The maximum atomic E-state index is 12.8. The molecule has 2 aromatic carbocycles. The fourth-order valence-electron chi connectivity index (χ4n) is 2.53. The second-order valence-corrected chi connectivity index (χ2v) is 8.07. The van der Waals surface area contributed by atoms with Gasteiger partial charge in [0, 0.05) is 0 Å². The fourth-order valence-corrected chi connectivity index (χ4v) is 4.57. The molecule has 0 bridgehead atoms. The molecule has 28 heavy (non-hydrogen) atoms. The molecule has 0 fully saturated rings. The van der Waals surface area contributed by atoms with Crippen LogP contribution in [0.4, 0.5) is 13.2 Å². The van der Waals surface area contributed by atoms with E-state index in [2.05, 4.69) is 4.98 Å². The standard InChI is InChI=1S/C20H16F3NO3Se/c1-3-27-19(25)17-11-18(15-10-13(26-2)6-9-16(15)24-17)28-14-7-4-12(5-8-14)20(21,22)23/h4-11H,3H2,1-2H3. The second kappa shape index (κ2) is 8.20. The summed E-state index contributed by atoms with van der Waals surface area (Å²) in [6.07, 6.45) is -4.38. The summed E-state index contributed by atoms with van der Waals surface area (Å²) < 4.78 is 50.2. The molecule has 4 nitrogen and oxygen atoms in total. The van der Waals surface area contributed by atoms with Gasteiger partial charge >= 0.3 is 166 Å².